The second-order valence-electron chi connectivity index (χ2n) is 8.51. The van der Waals surface area contributed by atoms with E-state index in [1.165, 1.54) is 12.0 Å². The van der Waals surface area contributed by atoms with Crippen LogP contribution in [0.5, 0.6) is 11.5 Å². The van der Waals surface area contributed by atoms with Crippen molar-refractivity contribution < 1.29 is 24.2 Å². The number of ether oxygens (including phenoxy) is 2. The number of Topliss-reactive ketones (excluding diaryl/α,β-unsaturated/α-hetero) is 1. The number of para-hydroxylation sites is 1. The van der Waals surface area contributed by atoms with Gasteiger partial charge in [0.2, 0.25) is 0 Å². The number of ketones is 1. The van der Waals surface area contributed by atoms with Gasteiger partial charge in [-0.2, -0.15) is 0 Å². The summed E-state index contributed by atoms with van der Waals surface area (Å²) in [7, 11) is 1.54. The Kier molecular flexibility index (Phi) is 6.92. The van der Waals surface area contributed by atoms with Crippen LogP contribution in [0.25, 0.3) is 5.76 Å². The van der Waals surface area contributed by atoms with Gasteiger partial charge < -0.3 is 14.6 Å². The van der Waals surface area contributed by atoms with Gasteiger partial charge in [0.05, 0.1) is 25.3 Å². The maximum absolute atomic E-state index is 13.5. The van der Waals surface area contributed by atoms with Crippen LogP contribution in [0, 0.1) is 13.8 Å². The normalized spacial score (nSPS) is 17.0. The Balaban J connectivity index is 1.96. The number of nitrogens with zero attached hydrogens (tertiary/aromatic N) is 1. The van der Waals surface area contributed by atoms with E-state index in [0.717, 1.165) is 17.5 Å². The largest absolute Gasteiger partial charge is 0.507 e. The molecule has 1 aliphatic heterocycles. The number of carbonyl (C=O) groups is 2. The number of hydrogen-bond donors (Lipinski definition) is 1. The summed E-state index contributed by atoms with van der Waals surface area (Å²) in [6, 6.07) is 18.9. The predicted molar refractivity (Wildman–Crippen MR) is 136 cm³/mol. The van der Waals surface area contributed by atoms with Crippen molar-refractivity contribution in [2.24, 2.45) is 0 Å². The predicted octanol–water partition coefficient (Wildman–Crippen LogP) is 5.73. The Morgan fingerprint density at radius 2 is 1.74 bits per heavy atom. The Labute approximate surface area is 205 Å². The molecule has 1 aliphatic rings. The third kappa shape index (κ3) is 4.39. The molecule has 1 fully saturated rings. The zero-order valence-electron chi connectivity index (χ0n) is 20.4. The zero-order valence-corrected chi connectivity index (χ0v) is 20.4. The van der Waals surface area contributed by atoms with Crippen molar-refractivity contribution in [2.75, 3.05) is 18.6 Å². The molecule has 1 saturated heterocycles. The van der Waals surface area contributed by atoms with Crippen molar-refractivity contribution >= 4 is 23.1 Å². The maximum atomic E-state index is 13.5. The van der Waals surface area contributed by atoms with Crippen LogP contribution in [0.4, 0.5) is 5.69 Å². The molecule has 1 unspecified atom stereocenters. The summed E-state index contributed by atoms with van der Waals surface area (Å²) < 4.78 is 11.3. The first kappa shape index (κ1) is 24.1. The highest BCUT2D eigenvalue weighted by Gasteiger charge is 2.48. The molecule has 0 spiro atoms. The van der Waals surface area contributed by atoms with Crippen molar-refractivity contribution in [1.29, 1.82) is 0 Å². The highest BCUT2D eigenvalue weighted by Crippen LogP contribution is 2.46. The van der Waals surface area contributed by atoms with Crippen LogP contribution in [0.3, 0.4) is 0 Å². The Morgan fingerprint density at radius 1 is 1.00 bits per heavy atom. The minimum atomic E-state index is -0.869. The fourth-order valence-electron chi connectivity index (χ4n) is 4.37. The molecular formula is C29H29NO5. The Bertz CT molecular complexity index is 1310. The van der Waals surface area contributed by atoms with E-state index >= 15 is 0 Å². The lowest BCUT2D eigenvalue weighted by Gasteiger charge is -2.28. The average Bonchev–Trinajstić information content (AvgIpc) is 3.14. The van der Waals surface area contributed by atoms with E-state index < -0.39 is 17.7 Å². The van der Waals surface area contributed by atoms with Crippen molar-refractivity contribution in [1.82, 2.24) is 0 Å². The third-order valence-electron chi connectivity index (χ3n) is 6.29. The molecule has 6 heteroatoms. The quantitative estimate of drug-likeness (QED) is 0.271. The van der Waals surface area contributed by atoms with Gasteiger partial charge >= 0.3 is 0 Å². The first-order valence-electron chi connectivity index (χ1n) is 11.6. The molecule has 35 heavy (non-hydrogen) atoms. The Hall–Kier alpha value is -4.06. The molecule has 0 aromatic heterocycles. The van der Waals surface area contributed by atoms with Gasteiger partial charge in [-0.15, -0.1) is 0 Å². The highest BCUT2D eigenvalue weighted by molar-refractivity contribution is 6.51. The fraction of sp³-hybridized carbons (Fsp3) is 0.241. The molecular weight excluding hydrogens is 442 g/mol. The summed E-state index contributed by atoms with van der Waals surface area (Å²) in [4.78, 5) is 28.4. The lowest BCUT2D eigenvalue weighted by Crippen LogP contribution is -2.30. The summed E-state index contributed by atoms with van der Waals surface area (Å²) in [5, 5.41) is 11.4. The van der Waals surface area contributed by atoms with Gasteiger partial charge in [-0.1, -0.05) is 49.4 Å². The molecule has 3 aromatic carbocycles. The van der Waals surface area contributed by atoms with Crippen LogP contribution in [0.15, 0.2) is 72.3 Å². The van der Waals surface area contributed by atoms with Crippen molar-refractivity contribution in [3.8, 4) is 11.5 Å². The van der Waals surface area contributed by atoms with Gasteiger partial charge in [0.15, 0.2) is 0 Å². The van der Waals surface area contributed by atoms with E-state index in [9.17, 15) is 14.7 Å². The van der Waals surface area contributed by atoms with E-state index in [2.05, 4.69) is 0 Å². The molecule has 180 valence electrons. The minimum absolute atomic E-state index is 0.00745. The number of carbonyl (C=O) groups excluding carboxylic acids is 2. The van der Waals surface area contributed by atoms with Gasteiger partial charge in [0.25, 0.3) is 11.7 Å². The monoisotopic (exact) mass is 471 g/mol. The summed E-state index contributed by atoms with van der Waals surface area (Å²) in [5.74, 6) is -0.614. The molecule has 1 N–H and O–H groups in total. The van der Waals surface area contributed by atoms with E-state index in [1.807, 2.05) is 57.2 Å². The smallest absolute Gasteiger partial charge is 0.300 e. The number of methoxy groups -OCH3 is 1. The molecule has 1 amide bonds. The van der Waals surface area contributed by atoms with Gasteiger partial charge in [-0.25, -0.2) is 0 Å². The third-order valence-corrected chi connectivity index (χ3v) is 6.29. The van der Waals surface area contributed by atoms with Crippen molar-refractivity contribution in [3.05, 3.63) is 94.6 Å². The summed E-state index contributed by atoms with van der Waals surface area (Å²) in [5.41, 5.74) is 3.50. The molecule has 0 radical (unpaired) electrons. The average molecular weight is 472 g/mol. The van der Waals surface area contributed by atoms with E-state index in [1.54, 1.807) is 30.3 Å². The summed E-state index contributed by atoms with van der Waals surface area (Å²) >= 11 is 0. The van der Waals surface area contributed by atoms with Crippen LogP contribution >= 0.6 is 0 Å². The zero-order chi connectivity index (χ0) is 25.1. The number of benzene rings is 3. The second kappa shape index (κ2) is 10.1. The van der Waals surface area contributed by atoms with Gasteiger partial charge in [-0.3, -0.25) is 14.5 Å². The molecule has 6 nitrogen and oxygen atoms in total. The highest BCUT2D eigenvalue weighted by atomic mass is 16.5. The number of anilines is 1. The minimum Gasteiger partial charge on any atom is -0.507 e. The fourth-order valence-corrected chi connectivity index (χ4v) is 4.37. The maximum Gasteiger partial charge on any atom is 0.300 e. The first-order valence-corrected chi connectivity index (χ1v) is 11.6. The lowest BCUT2D eigenvalue weighted by molar-refractivity contribution is -0.132. The number of aryl methyl sites for hydroxylation is 1. The number of aliphatic hydroxyl groups is 1. The molecule has 4 rings (SSSR count). The van der Waals surface area contributed by atoms with E-state index in [4.69, 9.17) is 9.47 Å². The van der Waals surface area contributed by atoms with Crippen LogP contribution < -0.4 is 14.4 Å². The lowest BCUT2D eigenvalue weighted by atomic mass is 9.94. The number of aliphatic hydroxyl groups excluding tert-OH is 1. The van der Waals surface area contributed by atoms with Gasteiger partial charge in [0, 0.05) is 16.8 Å². The number of amides is 1. The van der Waals surface area contributed by atoms with Crippen LogP contribution in [0.1, 0.15) is 41.6 Å². The number of hydrogen-bond acceptors (Lipinski definition) is 5. The van der Waals surface area contributed by atoms with Crippen LogP contribution in [-0.4, -0.2) is 30.5 Å². The van der Waals surface area contributed by atoms with E-state index in [-0.39, 0.29) is 11.3 Å². The first-order chi connectivity index (χ1) is 16.9. The van der Waals surface area contributed by atoms with Crippen molar-refractivity contribution in [2.45, 2.75) is 33.2 Å². The van der Waals surface area contributed by atoms with Crippen molar-refractivity contribution in [3.63, 3.8) is 0 Å². The van der Waals surface area contributed by atoms with Crippen LogP contribution in [-0.2, 0) is 9.59 Å². The molecule has 0 aliphatic carbocycles. The summed E-state index contributed by atoms with van der Waals surface area (Å²) in [6.07, 6.45) is 0.838. The number of rotatable bonds is 7. The van der Waals surface area contributed by atoms with Gasteiger partial charge in [-0.05, 0) is 55.7 Å². The topological polar surface area (TPSA) is 76.1 Å². The second-order valence-corrected chi connectivity index (χ2v) is 8.51. The SMILES string of the molecule is CCCOc1cccc(/C(O)=C2\C(=O)C(=O)N(c3cccc(C)c3C)C2c2ccccc2OC)c1. The van der Waals surface area contributed by atoms with E-state index in [0.29, 0.717) is 34.9 Å². The molecule has 0 saturated carbocycles. The molecule has 1 atom stereocenters. The van der Waals surface area contributed by atoms with Gasteiger partial charge in [0.1, 0.15) is 17.3 Å². The standard InChI is InChI=1S/C29H29NO5/c1-5-16-35-21-12-9-11-20(17-21)27(31)25-26(22-13-6-7-15-24(22)34-4)30(29(33)28(25)32)23-14-8-10-18(2)19(23)3/h6-15,17,26,31H,5,16H2,1-4H3/b27-25+. The molecule has 1 heterocycles. The molecule has 3 aromatic rings. The van der Waals surface area contributed by atoms with Crippen LogP contribution in [0.2, 0.25) is 0 Å². The summed E-state index contributed by atoms with van der Waals surface area (Å²) in [6.45, 7) is 6.40. The molecule has 0 bridgehead atoms. The Morgan fingerprint density at radius 3 is 2.49 bits per heavy atom.